The fraction of sp³-hybridized carbons (Fsp3) is 0.235. The first-order chi connectivity index (χ1) is 10.1. The molecule has 2 aromatic carbocycles. The van der Waals surface area contributed by atoms with Crippen molar-refractivity contribution >= 4 is 11.0 Å². The molecule has 4 heteroatoms. The SMILES string of the molecule is Cc1ccc2nc(C(O)(CO)c3ccccc3)n(C)c2c1. The van der Waals surface area contributed by atoms with Crippen LogP contribution in [0.5, 0.6) is 0 Å². The first-order valence-corrected chi connectivity index (χ1v) is 6.88. The van der Waals surface area contributed by atoms with Crippen LogP contribution in [-0.2, 0) is 12.6 Å². The van der Waals surface area contributed by atoms with Gasteiger partial charge in [0.05, 0.1) is 17.6 Å². The number of aromatic nitrogens is 2. The third-order valence-corrected chi connectivity index (χ3v) is 3.89. The maximum Gasteiger partial charge on any atom is 0.170 e. The summed E-state index contributed by atoms with van der Waals surface area (Å²) in [6.45, 7) is 1.59. The Morgan fingerprint density at radius 2 is 1.86 bits per heavy atom. The van der Waals surface area contributed by atoms with Gasteiger partial charge in [-0.2, -0.15) is 0 Å². The maximum atomic E-state index is 11.0. The molecule has 1 unspecified atom stereocenters. The second-order valence-corrected chi connectivity index (χ2v) is 5.37. The predicted octanol–water partition coefficient (Wildman–Crippen LogP) is 2.11. The lowest BCUT2D eigenvalue weighted by molar-refractivity contribution is 0.00815. The third-order valence-electron chi connectivity index (χ3n) is 3.89. The fourth-order valence-electron chi connectivity index (χ4n) is 2.67. The number of aliphatic hydroxyl groups is 2. The van der Waals surface area contributed by atoms with Crippen LogP contribution in [-0.4, -0.2) is 26.4 Å². The van der Waals surface area contributed by atoms with Gasteiger partial charge in [0.25, 0.3) is 0 Å². The van der Waals surface area contributed by atoms with Crippen molar-refractivity contribution in [1.82, 2.24) is 9.55 Å². The summed E-state index contributed by atoms with van der Waals surface area (Å²) >= 11 is 0. The fourth-order valence-corrected chi connectivity index (χ4v) is 2.67. The van der Waals surface area contributed by atoms with Crippen molar-refractivity contribution in [1.29, 1.82) is 0 Å². The number of hydrogen-bond donors (Lipinski definition) is 2. The topological polar surface area (TPSA) is 58.3 Å². The zero-order chi connectivity index (χ0) is 15.0. The molecular weight excluding hydrogens is 264 g/mol. The highest BCUT2D eigenvalue weighted by molar-refractivity contribution is 5.77. The molecule has 3 rings (SSSR count). The normalized spacial score (nSPS) is 14.3. The van der Waals surface area contributed by atoms with Crippen molar-refractivity contribution in [2.24, 2.45) is 7.05 Å². The monoisotopic (exact) mass is 282 g/mol. The Labute approximate surface area is 123 Å². The molecule has 0 radical (unpaired) electrons. The van der Waals surface area contributed by atoms with Crippen molar-refractivity contribution in [2.75, 3.05) is 6.61 Å². The molecule has 2 N–H and O–H groups in total. The lowest BCUT2D eigenvalue weighted by Crippen LogP contribution is -2.34. The number of nitrogens with zero attached hydrogens (tertiary/aromatic N) is 2. The van der Waals surface area contributed by atoms with Crippen LogP contribution in [0.3, 0.4) is 0 Å². The smallest absolute Gasteiger partial charge is 0.170 e. The molecule has 0 saturated carbocycles. The maximum absolute atomic E-state index is 11.0. The first kappa shape index (κ1) is 13.8. The molecule has 1 aromatic heterocycles. The Kier molecular flexibility index (Phi) is 3.27. The number of imidazole rings is 1. The van der Waals surface area contributed by atoms with E-state index in [0.29, 0.717) is 11.4 Å². The van der Waals surface area contributed by atoms with Gasteiger partial charge < -0.3 is 14.8 Å². The van der Waals surface area contributed by atoms with Crippen LogP contribution in [0.2, 0.25) is 0 Å². The van der Waals surface area contributed by atoms with Crippen molar-refractivity contribution in [2.45, 2.75) is 12.5 Å². The summed E-state index contributed by atoms with van der Waals surface area (Å²) in [6.07, 6.45) is 0. The van der Waals surface area contributed by atoms with Crippen LogP contribution >= 0.6 is 0 Å². The van der Waals surface area contributed by atoms with Crippen molar-refractivity contribution in [3.8, 4) is 0 Å². The van der Waals surface area contributed by atoms with E-state index >= 15 is 0 Å². The Morgan fingerprint density at radius 1 is 1.14 bits per heavy atom. The minimum Gasteiger partial charge on any atom is -0.393 e. The van der Waals surface area contributed by atoms with E-state index in [4.69, 9.17) is 0 Å². The van der Waals surface area contributed by atoms with E-state index in [9.17, 15) is 10.2 Å². The van der Waals surface area contributed by atoms with Crippen LogP contribution in [0.25, 0.3) is 11.0 Å². The van der Waals surface area contributed by atoms with E-state index in [0.717, 1.165) is 16.6 Å². The number of aryl methyl sites for hydroxylation is 2. The zero-order valence-electron chi connectivity index (χ0n) is 12.1. The van der Waals surface area contributed by atoms with E-state index in [1.807, 2.05) is 54.9 Å². The molecule has 0 bridgehead atoms. The number of fused-ring (bicyclic) bond motifs is 1. The molecule has 21 heavy (non-hydrogen) atoms. The summed E-state index contributed by atoms with van der Waals surface area (Å²) in [5.41, 5.74) is 1.99. The van der Waals surface area contributed by atoms with Crippen LogP contribution in [0.15, 0.2) is 48.5 Å². The second-order valence-electron chi connectivity index (χ2n) is 5.37. The molecule has 3 aromatic rings. The molecule has 4 nitrogen and oxygen atoms in total. The lowest BCUT2D eigenvalue weighted by atomic mass is 9.94. The molecule has 0 amide bonds. The van der Waals surface area contributed by atoms with Gasteiger partial charge in [-0.1, -0.05) is 36.4 Å². The molecule has 0 saturated heterocycles. The molecule has 1 heterocycles. The van der Waals surface area contributed by atoms with Gasteiger partial charge in [0.15, 0.2) is 5.60 Å². The van der Waals surface area contributed by atoms with Gasteiger partial charge in [-0.25, -0.2) is 4.98 Å². The number of hydrogen-bond acceptors (Lipinski definition) is 3. The summed E-state index contributed by atoms with van der Waals surface area (Å²) in [6, 6.07) is 15.1. The average Bonchev–Trinajstić information content (AvgIpc) is 2.85. The highest BCUT2D eigenvalue weighted by Crippen LogP contribution is 2.30. The van der Waals surface area contributed by atoms with Gasteiger partial charge in [-0.3, -0.25) is 0 Å². The average molecular weight is 282 g/mol. The Morgan fingerprint density at radius 3 is 2.52 bits per heavy atom. The van der Waals surface area contributed by atoms with Gasteiger partial charge in [-0.15, -0.1) is 0 Å². The van der Waals surface area contributed by atoms with E-state index < -0.39 is 12.2 Å². The predicted molar refractivity (Wildman–Crippen MR) is 82.0 cm³/mol. The molecule has 108 valence electrons. The highest BCUT2D eigenvalue weighted by Gasteiger charge is 2.35. The summed E-state index contributed by atoms with van der Waals surface area (Å²) in [4.78, 5) is 4.53. The van der Waals surface area contributed by atoms with E-state index in [2.05, 4.69) is 4.98 Å². The minimum atomic E-state index is -1.51. The van der Waals surface area contributed by atoms with Gasteiger partial charge in [-0.05, 0) is 30.2 Å². The largest absolute Gasteiger partial charge is 0.393 e. The van der Waals surface area contributed by atoms with Crippen LogP contribution in [0, 0.1) is 6.92 Å². The van der Waals surface area contributed by atoms with Gasteiger partial charge in [0.1, 0.15) is 5.82 Å². The van der Waals surface area contributed by atoms with E-state index in [1.165, 1.54) is 0 Å². The second kappa shape index (κ2) is 4.98. The summed E-state index contributed by atoms with van der Waals surface area (Å²) in [5.74, 6) is 0.441. The standard InChI is InChI=1S/C17H18N2O2/c1-12-8-9-14-15(10-12)19(2)16(18-14)17(21,11-20)13-6-4-3-5-7-13/h3-10,20-21H,11H2,1-2H3. The Balaban J connectivity index is 2.24. The molecule has 0 aliphatic rings. The summed E-state index contributed by atoms with van der Waals surface area (Å²) in [5, 5.41) is 20.8. The lowest BCUT2D eigenvalue weighted by Gasteiger charge is -2.25. The summed E-state index contributed by atoms with van der Waals surface area (Å²) in [7, 11) is 1.85. The molecule has 0 spiro atoms. The van der Waals surface area contributed by atoms with Crippen LogP contribution < -0.4 is 0 Å². The number of benzene rings is 2. The van der Waals surface area contributed by atoms with Gasteiger partial charge in [0.2, 0.25) is 0 Å². The van der Waals surface area contributed by atoms with E-state index in [1.54, 1.807) is 12.1 Å². The van der Waals surface area contributed by atoms with Crippen molar-refractivity contribution in [3.63, 3.8) is 0 Å². The van der Waals surface area contributed by atoms with Gasteiger partial charge in [0, 0.05) is 7.05 Å². The van der Waals surface area contributed by atoms with Gasteiger partial charge >= 0.3 is 0 Å². The van der Waals surface area contributed by atoms with Crippen LogP contribution in [0.4, 0.5) is 0 Å². The van der Waals surface area contributed by atoms with Crippen molar-refractivity contribution < 1.29 is 10.2 Å². The quantitative estimate of drug-likeness (QED) is 0.773. The zero-order valence-corrected chi connectivity index (χ0v) is 12.1. The molecular formula is C17H18N2O2. The molecule has 0 fully saturated rings. The minimum absolute atomic E-state index is 0.423. The molecule has 0 aliphatic carbocycles. The van der Waals surface area contributed by atoms with Crippen molar-refractivity contribution in [3.05, 3.63) is 65.5 Å². The highest BCUT2D eigenvalue weighted by atomic mass is 16.3. The number of rotatable bonds is 3. The number of aliphatic hydroxyl groups excluding tert-OH is 1. The first-order valence-electron chi connectivity index (χ1n) is 6.88. The summed E-state index contributed by atoms with van der Waals surface area (Å²) < 4.78 is 1.84. The van der Waals surface area contributed by atoms with Crippen LogP contribution in [0.1, 0.15) is 17.0 Å². The Hall–Kier alpha value is -2.17. The molecule has 1 atom stereocenters. The Bertz CT molecular complexity index is 780. The third kappa shape index (κ3) is 2.13. The van der Waals surface area contributed by atoms with E-state index in [-0.39, 0.29) is 0 Å². The molecule has 0 aliphatic heterocycles.